The molecule has 3 aromatic carbocycles. The Kier molecular flexibility index (Phi) is 11.6. The van der Waals surface area contributed by atoms with E-state index < -0.39 is 47.3 Å². The van der Waals surface area contributed by atoms with Crippen LogP contribution in [0, 0.1) is 6.92 Å². The van der Waals surface area contributed by atoms with Crippen molar-refractivity contribution >= 4 is 58.2 Å². The molecule has 258 valence electrons. The lowest BCUT2D eigenvalue weighted by Gasteiger charge is -2.17. The van der Waals surface area contributed by atoms with E-state index in [4.69, 9.17) is 0 Å². The van der Waals surface area contributed by atoms with Gasteiger partial charge in [-0.15, -0.1) is 0 Å². The van der Waals surface area contributed by atoms with Gasteiger partial charge in [0.1, 0.15) is 6.04 Å². The van der Waals surface area contributed by atoms with Crippen LogP contribution in [0.2, 0.25) is 0 Å². The molecule has 13 nitrogen and oxygen atoms in total. The number of nitrogens with zero attached hydrogens (tertiary/aromatic N) is 2. The van der Waals surface area contributed by atoms with E-state index in [0.717, 1.165) is 24.3 Å². The van der Waals surface area contributed by atoms with Crippen molar-refractivity contribution in [1.29, 1.82) is 0 Å². The number of aryl methyl sites for hydroxylation is 1. The zero-order valence-electron chi connectivity index (χ0n) is 26.6. The van der Waals surface area contributed by atoms with Crippen molar-refractivity contribution in [1.82, 2.24) is 20.6 Å². The third-order valence-electron chi connectivity index (χ3n) is 6.97. The van der Waals surface area contributed by atoms with Crippen LogP contribution >= 0.6 is 0 Å². The highest BCUT2D eigenvalue weighted by molar-refractivity contribution is 6.08. The number of hydrogen-bond acceptors (Lipinski definition) is 8. The molecule has 16 heteroatoms. The zero-order valence-corrected chi connectivity index (χ0v) is 26.6. The van der Waals surface area contributed by atoms with Crippen molar-refractivity contribution in [2.24, 2.45) is 0 Å². The molecule has 0 spiro atoms. The van der Waals surface area contributed by atoms with Crippen LogP contribution in [0.15, 0.2) is 91.8 Å². The van der Waals surface area contributed by atoms with Crippen LogP contribution in [0.3, 0.4) is 0 Å². The standard InChI is InChI=1S/C34H31F3N8O5/c1-4-28(46)45-27(16-29(47)38-3)32(50)42-22-9-6-10-23(14-22)44-33-39-17-25(18-40-33)43-31(49)26-15-24(12-11-19(26)2)41-30(48)20-7-5-8-21(13-20)34(35,36)37/h4-15,17-18,27H,1,16H2,2-3H3,(H,38,47)(H,41,48)(H,42,50)(H,43,49)(H,45,46)(H,39,40,44). The molecular weight excluding hydrogens is 657 g/mol. The SMILES string of the molecule is C=CC(=O)NC(CC(=O)NC)C(=O)Nc1cccc(Nc2ncc(NC(=O)c3cc(NC(=O)c4cccc(C(F)(F)F)c4)ccc3C)cn2)c1. The molecule has 0 saturated carbocycles. The van der Waals surface area contributed by atoms with Gasteiger partial charge in [-0.2, -0.15) is 13.2 Å². The van der Waals surface area contributed by atoms with E-state index in [1.165, 1.54) is 37.6 Å². The first-order valence-electron chi connectivity index (χ1n) is 14.8. The lowest BCUT2D eigenvalue weighted by molar-refractivity contribution is -0.137. The van der Waals surface area contributed by atoms with Gasteiger partial charge in [-0.3, -0.25) is 24.0 Å². The van der Waals surface area contributed by atoms with E-state index in [1.54, 1.807) is 37.3 Å². The quantitative estimate of drug-likeness (QED) is 0.115. The Morgan fingerprint density at radius 2 is 1.48 bits per heavy atom. The van der Waals surface area contributed by atoms with E-state index in [1.807, 2.05) is 0 Å². The van der Waals surface area contributed by atoms with Crippen molar-refractivity contribution in [3.05, 3.63) is 114 Å². The van der Waals surface area contributed by atoms with Gasteiger partial charge in [-0.05, 0) is 67.1 Å². The minimum Gasteiger partial charge on any atom is -0.359 e. The predicted molar refractivity (Wildman–Crippen MR) is 180 cm³/mol. The fraction of sp³-hybridized carbons (Fsp3) is 0.147. The Bertz CT molecular complexity index is 1930. The number of amides is 5. The molecule has 0 fully saturated rings. The molecular formula is C34H31F3N8O5. The third kappa shape index (κ3) is 9.96. The Morgan fingerprint density at radius 1 is 0.820 bits per heavy atom. The number of nitrogens with one attached hydrogen (secondary N) is 6. The van der Waals surface area contributed by atoms with Gasteiger partial charge in [-0.25, -0.2) is 9.97 Å². The van der Waals surface area contributed by atoms with Gasteiger partial charge in [-0.1, -0.05) is 24.8 Å². The van der Waals surface area contributed by atoms with Crippen LogP contribution < -0.4 is 31.9 Å². The van der Waals surface area contributed by atoms with Crippen LogP contribution in [0.25, 0.3) is 0 Å². The minimum atomic E-state index is -4.61. The lowest BCUT2D eigenvalue weighted by Crippen LogP contribution is -2.45. The molecule has 0 aliphatic rings. The van der Waals surface area contributed by atoms with Crippen molar-refractivity contribution < 1.29 is 37.1 Å². The Morgan fingerprint density at radius 3 is 2.16 bits per heavy atom. The highest BCUT2D eigenvalue weighted by Crippen LogP contribution is 2.30. The number of alkyl halides is 3. The molecule has 1 unspecified atom stereocenters. The molecule has 5 amide bonds. The van der Waals surface area contributed by atoms with E-state index in [9.17, 15) is 37.1 Å². The average Bonchev–Trinajstić information content (AvgIpc) is 3.09. The number of anilines is 5. The van der Waals surface area contributed by atoms with Gasteiger partial charge < -0.3 is 31.9 Å². The van der Waals surface area contributed by atoms with E-state index >= 15 is 0 Å². The minimum absolute atomic E-state index is 0.151. The molecule has 4 aromatic rings. The molecule has 0 aliphatic heterocycles. The fourth-order valence-electron chi connectivity index (χ4n) is 4.40. The first-order valence-corrected chi connectivity index (χ1v) is 14.8. The number of rotatable bonds is 12. The molecule has 0 saturated heterocycles. The molecule has 0 aliphatic carbocycles. The maximum Gasteiger partial charge on any atom is 0.416 e. The van der Waals surface area contributed by atoms with E-state index in [0.29, 0.717) is 16.9 Å². The molecule has 6 N–H and O–H groups in total. The Hall–Kier alpha value is -6.58. The summed E-state index contributed by atoms with van der Waals surface area (Å²) in [6.07, 6.45) is -1.22. The molecule has 4 rings (SSSR count). The average molecular weight is 689 g/mol. The van der Waals surface area contributed by atoms with Gasteiger partial charge in [0.25, 0.3) is 11.8 Å². The summed E-state index contributed by atoms with van der Waals surface area (Å²) >= 11 is 0. The van der Waals surface area contributed by atoms with Crippen LogP contribution in [0.4, 0.5) is 41.9 Å². The molecule has 1 atom stereocenters. The Balaban J connectivity index is 1.38. The van der Waals surface area contributed by atoms with Gasteiger partial charge in [0.15, 0.2) is 0 Å². The van der Waals surface area contributed by atoms with Gasteiger partial charge >= 0.3 is 6.18 Å². The van der Waals surface area contributed by atoms with Gasteiger partial charge in [0.05, 0.1) is 30.1 Å². The summed E-state index contributed by atoms with van der Waals surface area (Å²) in [5.41, 5.74) is 0.859. The summed E-state index contributed by atoms with van der Waals surface area (Å²) in [7, 11) is 1.41. The van der Waals surface area contributed by atoms with Gasteiger partial charge in [0, 0.05) is 35.2 Å². The summed E-state index contributed by atoms with van der Waals surface area (Å²) in [5.74, 6) is -2.88. The first-order chi connectivity index (χ1) is 23.7. The number of halogens is 3. The van der Waals surface area contributed by atoms with Crippen LogP contribution in [-0.2, 0) is 20.6 Å². The lowest BCUT2D eigenvalue weighted by atomic mass is 10.1. The number of carbonyl (C=O) groups is 5. The van der Waals surface area contributed by atoms with Gasteiger partial charge in [0.2, 0.25) is 23.7 Å². The summed E-state index contributed by atoms with van der Waals surface area (Å²) in [4.78, 5) is 70.6. The smallest absolute Gasteiger partial charge is 0.359 e. The maximum atomic E-state index is 13.1. The van der Waals surface area contributed by atoms with Crippen molar-refractivity contribution in [2.75, 3.05) is 28.3 Å². The monoisotopic (exact) mass is 688 g/mol. The molecule has 0 radical (unpaired) electrons. The Labute approximate surface area is 283 Å². The molecule has 0 bridgehead atoms. The second-order valence-electron chi connectivity index (χ2n) is 10.6. The van der Waals surface area contributed by atoms with E-state index in [-0.39, 0.29) is 34.9 Å². The highest BCUT2D eigenvalue weighted by atomic mass is 19.4. The fourth-order valence-corrected chi connectivity index (χ4v) is 4.40. The molecule has 1 aromatic heterocycles. The molecule has 1 heterocycles. The van der Waals surface area contributed by atoms with Crippen molar-refractivity contribution in [2.45, 2.75) is 25.6 Å². The number of carbonyl (C=O) groups excluding carboxylic acids is 5. The summed E-state index contributed by atoms with van der Waals surface area (Å²) in [6, 6.07) is 13.8. The number of aromatic nitrogens is 2. The first kappa shape index (κ1) is 36.3. The summed E-state index contributed by atoms with van der Waals surface area (Å²) < 4.78 is 39.2. The molecule has 50 heavy (non-hydrogen) atoms. The second kappa shape index (κ2) is 16.0. The summed E-state index contributed by atoms with van der Waals surface area (Å²) in [5, 5.41) is 15.6. The zero-order chi connectivity index (χ0) is 36.4. The maximum absolute atomic E-state index is 13.1. The number of hydrogen-bond donors (Lipinski definition) is 6. The second-order valence-corrected chi connectivity index (χ2v) is 10.6. The van der Waals surface area contributed by atoms with Crippen LogP contribution in [-0.4, -0.2) is 52.6 Å². The highest BCUT2D eigenvalue weighted by Gasteiger charge is 2.31. The third-order valence-corrected chi connectivity index (χ3v) is 6.97. The predicted octanol–water partition coefficient (Wildman–Crippen LogP) is 4.80. The van der Waals surface area contributed by atoms with Crippen LogP contribution in [0.5, 0.6) is 0 Å². The largest absolute Gasteiger partial charge is 0.416 e. The summed E-state index contributed by atoms with van der Waals surface area (Å²) in [6.45, 7) is 5.02. The normalized spacial score (nSPS) is 11.4. The topological polar surface area (TPSA) is 183 Å². The van der Waals surface area contributed by atoms with Crippen molar-refractivity contribution in [3.63, 3.8) is 0 Å². The number of benzene rings is 3. The van der Waals surface area contributed by atoms with Crippen LogP contribution in [0.1, 0.15) is 38.3 Å². The van der Waals surface area contributed by atoms with Crippen molar-refractivity contribution in [3.8, 4) is 0 Å². The van der Waals surface area contributed by atoms with E-state index in [2.05, 4.69) is 48.4 Å².